The molecule has 2 rings (SSSR count). The number of ether oxygens (including phenoxy) is 2. The third-order valence-electron chi connectivity index (χ3n) is 3.66. The van der Waals surface area contributed by atoms with Crippen LogP contribution in [-0.2, 0) is 28.7 Å². The number of rotatable bonds is 11. The average molecular weight is 456 g/mol. The molecule has 0 fully saturated rings. The molecule has 0 aliphatic heterocycles. The Morgan fingerprint density at radius 3 is 1.16 bits per heavy atom. The van der Waals surface area contributed by atoms with Crippen LogP contribution >= 0.6 is 0 Å². The molecule has 2 aromatic heterocycles. The van der Waals surface area contributed by atoms with Crippen molar-refractivity contribution in [3.05, 3.63) is 24.3 Å². The molecule has 0 saturated heterocycles. The summed E-state index contributed by atoms with van der Waals surface area (Å²) in [6, 6.07) is 4.39. The Labute approximate surface area is 179 Å². The summed E-state index contributed by atoms with van der Waals surface area (Å²) in [7, 11) is 0. The minimum atomic E-state index is -0.913. The molecule has 174 valence electrons. The van der Waals surface area contributed by atoms with E-state index in [-0.39, 0.29) is 26.1 Å². The maximum atomic E-state index is 11.6. The molecule has 0 aliphatic rings. The molecule has 4 N–H and O–H groups in total. The standard InChI is InChI=1S/C18H20N2O12/c21-11-1-2-12(22)19(11)31-17(27)7-5-15(25)29-9-10-30-16(26)6-8-18(28)32-20-13(23)3-4-14(20)24/h1-4,21-24H,5-10H2. The van der Waals surface area contributed by atoms with Crippen molar-refractivity contribution in [2.75, 3.05) is 13.2 Å². The number of hydrogen-bond donors (Lipinski definition) is 4. The van der Waals surface area contributed by atoms with Crippen LogP contribution in [0.1, 0.15) is 25.7 Å². The highest BCUT2D eigenvalue weighted by atomic mass is 16.7. The van der Waals surface area contributed by atoms with Gasteiger partial charge in [-0.05, 0) is 0 Å². The zero-order valence-corrected chi connectivity index (χ0v) is 16.5. The number of nitrogens with zero attached hydrogens (tertiary/aromatic N) is 2. The lowest BCUT2D eigenvalue weighted by atomic mass is 10.3. The van der Waals surface area contributed by atoms with Crippen LogP contribution in [-0.4, -0.2) is 67.0 Å². The van der Waals surface area contributed by atoms with Crippen LogP contribution in [0.3, 0.4) is 0 Å². The van der Waals surface area contributed by atoms with E-state index in [1.807, 2.05) is 0 Å². The van der Waals surface area contributed by atoms with Crippen molar-refractivity contribution in [3.8, 4) is 23.5 Å². The molecule has 0 atom stereocenters. The van der Waals surface area contributed by atoms with E-state index in [0.717, 1.165) is 24.3 Å². The van der Waals surface area contributed by atoms with Gasteiger partial charge in [-0.3, -0.25) is 9.59 Å². The van der Waals surface area contributed by atoms with Gasteiger partial charge in [0.15, 0.2) is 0 Å². The van der Waals surface area contributed by atoms with Crippen molar-refractivity contribution < 1.29 is 58.8 Å². The zero-order chi connectivity index (χ0) is 23.7. The summed E-state index contributed by atoms with van der Waals surface area (Å²) in [5.74, 6) is -5.41. The van der Waals surface area contributed by atoms with Gasteiger partial charge in [-0.1, -0.05) is 0 Å². The summed E-state index contributed by atoms with van der Waals surface area (Å²) in [5, 5.41) is 37.4. The first-order chi connectivity index (χ1) is 15.2. The van der Waals surface area contributed by atoms with E-state index < -0.39 is 60.2 Å². The molecule has 0 amide bonds. The fourth-order valence-electron chi connectivity index (χ4n) is 2.15. The predicted molar refractivity (Wildman–Crippen MR) is 99.1 cm³/mol. The number of carbonyl (C=O) groups excluding carboxylic acids is 4. The van der Waals surface area contributed by atoms with Gasteiger partial charge in [-0.2, -0.15) is 0 Å². The van der Waals surface area contributed by atoms with Gasteiger partial charge >= 0.3 is 23.9 Å². The van der Waals surface area contributed by atoms with Gasteiger partial charge in [0.05, 0.1) is 25.7 Å². The number of esters is 2. The molecule has 0 aliphatic carbocycles. The average Bonchev–Trinajstić information content (AvgIpc) is 3.24. The van der Waals surface area contributed by atoms with E-state index >= 15 is 0 Å². The normalized spacial score (nSPS) is 10.4. The van der Waals surface area contributed by atoms with E-state index in [2.05, 4.69) is 9.68 Å². The highest BCUT2D eigenvalue weighted by Gasteiger charge is 2.16. The SMILES string of the molecule is O=C(CCC(=O)On1c(O)ccc1O)OCCOC(=O)CCC(=O)On1c(O)ccc1O. The Morgan fingerprint density at radius 2 is 0.844 bits per heavy atom. The molecule has 0 aromatic carbocycles. The van der Waals surface area contributed by atoms with E-state index in [1.165, 1.54) is 0 Å². The maximum absolute atomic E-state index is 11.6. The molecule has 0 spiro atoms. The van der Waals surface area contributed by atoms with Crippen molar-refractivity contribution in [1.29, 1.82) is 0 Å². The minimum absolute atomic E-state index is 0.297. The van der Waals surface area contributed by atoms with Crippen molar-refractivity contribution in [2.24, 2.45) is 0 Å². The van der Waals surface area contributed by atoms with Crippen molar-refractivity contribution in [1.82, 2.24) is 9.46 Å². The lowest BCUT2D eigenvalue weighted by molar-refractivity contribution is -0.155. The summed E-state index contributed by atoms with van der Waals surface area (Å²) in [4.78, 5) is 55.6. The predicted octanol–water partition coefficient (Wildman–Crippen LogP) is -0.631. The van der Waals surface area contributed by atoms with Crippen molar-refractivity contribution >= 4 is 23.9 Å². The largest absolute Gasteiger partial charge is 0.492 e. The molecule has 2 heterocycles. The Kier molecular flexibility index (Phi) is 8.33. The second kappa shape index (κ2) is 11.1. The van der Waals surface area contributed by atoms with Crippen molar-refractivity contribution in [3.63, 3.8) is 0 Å². The Morgan fingerprint density at radius 1 is 0.562 bits per heavy atom. The fraction of sp³-hybridized carbons (Fsp3) is 0.333. The smallest absolute Gasteiger partial charge is 0.333 e. The molecule has 2 aromatic rings. The monoisotopic (exact) mass is 456 g/mol. The summed E-state index contributed by atoms with van der Waals surface area (Å²) >= 11 is 0. The summed E-state index contributed by atoms with van der Waals surface area (Å²) in [5.41, 5.74) is 0. The molecular formula is C18H20N2O12. The van der Waals surface area contributed by atoms with Crippen LogP contribution < -0.4 is 9.68 Å². The van der Waals surface area contributed by atoms with Crippen LogP contribution in [0.4, 0.5) is 0 Å². The van der Waals surface area contributed by atoms with Gasteiger partial charge in [-0.15, -0.1) is 9.46 Å². The minimum Gasteiger partial charge on any atom is -0.492 e. The van der Waals surface area contributed by atoms with Gasteiger partial charge in [0.2, 0.25) is 23.5 Å². The van der Waals surface area contributed by atoms with Gasteiger partial charge in [0, 0.05) is 24.3 Å². The summed E-state index contributed by atoms with van der Waals surface area (Å²) in [6.45, 7) is -0.595. The van der Waals surface area contributed by atoms with Crippen LogP contribution in [0.2, 0.25) is 0 Å². The highest BCUT2D eigenvalue weighted by Crippen LogP contribution is 2.19. The Hall–Kier alpha value is -4.36. The van der Waals surface area contributed by atoms with E-state index in [9.17, 15) is 39.6 Å². The second-order valence-corrected chi connectivity index (χ2v) is 6.06. The molecule has 0 unspecified atom stereocenters. The summed E-state index contributed by atoms with van der Waals surface area (Å²) < 4.78 is 10.5. The molecular weight excluding hydrogens is 436 g/mol. The van der Waals surface area contributed by atoms with E-state index in [4.69, 9.17) is 9.47 Å². The third kappa shape index (κ3) is 7.16. The second-order valence-electron chi connectivity index (χ2n) is 6.06. The lowest BCUT2D eigenvalue weighted by Gasteiger charge is -2.08. The quantitative estimate of drug-likeness (QED) is 0.247. The molecule has 0 saturated carbocycles. The molecule has 0 bridgehead atoms. The molecule has 14 heteroatoms. The highest BCUT2D eigenvalue weighted by molar-refractivity contribution is 5.78. The number of aromatic hydroxyl groups is 4. The first-order valence-corrected chi connectivity index (χ1v) is 9.10. The lowest BCUT2D eigenvalue weighted by Crippen LogP contribution is -2.21. The third-order valence-corrected chi connectivity index (χ3v) is 3.66. The van der Waals surface area contributed by atoms with Gasteiger partial charge < -0.3 is 39.6 Å². The first kappa shape index (κ1) is 23.9. The van der Waals surface area contributed by atoms with Gasteiger partial charge in [-0.25, -0.2) is 9.59 Å². The molecule has 0 radical (unpaired) electrons. The zero-order valence-electron chi connectivity index (χ0n) is 16.5. The van der Waals surface area contributed by atoms with Crippen LogP contribution in [0.15, 0.2) is 24.3 Å². The van der Waals surface area contributed by atoms with Crippen LogP contribution in [0, 0.1) is 0 Å². The van der Waals surface area contributed by atoms with Crippen LogP contribution in [0.5, 0.6) is 23.5 Å². The van der Waals surface area contributed by atoms with Gasteiger partial charge in [0.25, 0.3) is 0 Å². The fourth-order valence-corrected chi connectivity index (χ4v) is 2.15. The Bertz CT molecular complexity index is 860. The van der Waals surface area contributed by atoms with E-state index in [0.29, 0.717) is 9.46 Å². The number of hydrogen-bond acceptors (Lipinski definition) is 12. The topological polar surface area (TPSA) is 196 Å². The van der Waals surface area contributed by atoms with E-state index in [1.54, 1.807) is 0 Å². The molecule has 14 nitrogen and oxygen atoms in total. The first-order valence-electron chi connectivity index (χ1n) is 9.10. The summed E-state index contributed by atoms with van der Waals surface area (Å²) in [6.07, 6.45) is -1.52. The van der Waals surface area contributed by atoms with Gasteiger partial charge in [0.1, 0.15) is 13.2 Å². The maximum Gasteiger partial charge on any atom is 0.333 e. The van der Waals surface area contributed by atoms with Crippen LogP contribution in [0.25, 0.3) is 0 Å². The Balaban J connectivity index is 1.55. The number of aromatic nitrogens is 2. The van der Waals surface area contributed by atoms with Crippen molar-refractivity contribution in [2.45, 2.75) is 25.7 Å². The number of carbonyl (C=O) groups is 4. The molecule has 32 heavy (non-hydrogen) atoms.